The molecule has 0 unspecified atom stereocenters. The molecule has 0 fully saturated rings. The molecule has 0 radical (unpaired) electrons. The van der Waals surface area contributed by atoms with Crippen LogP contribution in [0, 0.1) is 6.92 Å². The van der Waals surface area contributed by atoms with Crippen molar-refractivity contribution in [1.29, 1.82) is 0 Å². The van der Waals surface area contributed by atoms with E-state index in [1.807, 2.05) is 24.6 Å². The van der Waals surface area contributed by atoms with Crippen LogP contribution >= 0.6 is 0 Å². The first-order chi connectivity index (χ1) is 9.04. The number of aromatic carboxylic acids is 1. The van der Waals surface area contributed by atoms with Crippen molar-refractivity contribution in [3.63, 3.8) is 0 Å². The molecule has 0 bridgehead atoms. The summed E-state index contributed by atoms with van der Waals surface area (Å²) >= 11 is 0. The van der Waals surface area contributed by atoms with Crippen LogP contribution < -0.4 is 0 Å². The molecule has 5 nitrogen and oxygen atoms in total. The van der Waals surface area contributed by atoms with E-state index in [9.17, 15) is 9.90 Å². The minimum absolute atomic E-state index is 0.317. The van der Waals surface area contributed by atoms with E-state index >= 15 is 0 Å². The third-order valence-electron chi connectivity index (χ3n) is 3.43. The Kier molecular flexibility index (Phi) is 3.85. The Morgan fingerprint density at radius 2 is 2.21 bits per heavy atom. The maximum atomic E-state index is 11.3. The Hall–Kier alpha value is -1.88. The molecular formula is C14H19N3O2. The number of hydrogen-bond acceptors (Lipinski definition) is 3. The van der Waals surface area contributed by atoms with Crippen molar-refractivity contribution in [3.05, 3.63) is 29.6 Å². The topological polar surface area (TPSA) is 58.4 Å². The predicted molar refractivity (Wildman–Crippen MR) is 74.6 cm³/mol. The fraction of sp³-hybridized carbons (Fsp3) is 0.429. The van der Waals surface area contributed by atoms with Gasteiger partial charge in [0.05, 0.1) is 16.6 Å². The quantitative estimate of drug-likeness (QED) is 0.894. The van der Waals surface area contributed by atoms with Crippen LogP contribution in [0.25, 0.3) is 11.0 Å². The number of aryl methyl sites for hydroxylation is 1. The standard InChI is InChI=1S/C14H19N3O2/c1-4-16(3)8-9-17-10(2)15-12-7-5-6-11(13(12)17)14(18)19/h5-7H,4,8-9H2,1-3H3,(H,18,19). The first-order valence-electron chi connectivity index (χ1n) is 6.42. The molecule has 0 aliphatic carbocycles. The first-order valence-corrected chi connectivity index (χ1v) is 6.42. The van der Waals surface area contributed by atoms with E-state index in [2.05, 4.69) is 16.8 Å². The van der Waals surface area contributed by atoms with Crippen LogP contribution in [-0.2, 0) is 6.54 Å². The smallest absolute Gasteiger partial charge is 0.337 e. The van der Waals surface area contributed by atoms with Crippen LogP contribution in [0.3, 0.4) is 0 Å². The SMILES string of the molecule is CCN(C)CCn1c(C)nc2cccc(C(=O)O)c21. The lowest BCUT2D eigenvalue weighted by molar-refractivity contribution is 0.0698. The van der Waals surface area contributed by atoms with Gasteiger partial charge >= 0.3 is 5.97 Å². The third-order valence-corrected chi connectivity index (χ3v) is 3.43. The summed E-state index contributed by atoms with van der Waals surface area (Å²) in [4.78, 5) is 17.9. The number of likely N-dealkylation sites (N-methyl/N-ethyl adjacent to an activating group) is 1. The van der Waals surface area contributed by atoms with E-state index < -0.39 is 5.97 Å². The maximum absolute atomic E-state index is 11.3. The summed E-state index contributed by atoms with van der Waals surface area (Å²) in [5.41, 5.74) is 1.78. The summed E-state index contributed by atoms with van der Waals surface area (Å²) in [5.74, 6) is -0.0520. The molecule has 2 aromatic rings. The van der Waals surface area contributed by atoms with Crippen molar-refractivity contribution in [2.24, 2.45) is 0 Å². The lowest BCUT2D eigenvalue weighted by Gasteiger charge is -2.15. The average molecular weight is 261 g/mol. The highest BCUT2D eigenvalue weighted by Crippen LogP contribution is 2.20. The van der Waals surface area contributed by atoms with Crippen molar-refractivity contribution < 1.29 is 9.90 Å². The molecule has 0 aliphatic heterocycles. The zero-order valence-electron chi connectivity index (χ0n) is 11.6. The second-order valence-corrected chi connectivity index (χ2v) is 4.69. The molecule has 1 aromatic heterocycles. The number of aromatic nitrogens is 2. The van der Waals surface area contributed by atoms with Gasteiger partial charge in [0.25, 0.3) is 0 Å². The highest BCUT2D eigenvalue weighted by molar-refractivity contribution is 6.01. The zero-order chi connectivity index (χ0) is 14.0. The number of fused-ring (bicyclic) bond motifs is 1. The van der Waals surface area contributed by atoms with Gasteiger partial charge in [-0.05, 0) is 32.6 Å². The van der Waals surface area contributed by atoms with Crippen molar-refractivity contribution >= 4 is 17.0 Å². The van der Waals surface area contributed by atoms with E-state index in [0.717, 1.165) is 36.5 Å². The summed E-state index contributed by atoms with van der Waals surface area (Å²) in [6.07, 6.45) is 0. The van der Waals surface area contributed by atoms with Crippen molar-refractivity contribution in [2.45, 2.75) is 20.4 Å². The van der Waals surface area contributed by atoms with Gasteiger partial charge in [0.2, 0.25) is 0 Å². The lowest BCUT2D eigenvalue weighted by Crippen LogP contribution is -2.23. The number of carbonyl (C=O) groups is 1. The molecule has 0 saturated heterocycles. The van der Waals surface area contributed by atoms with Gasteiger partial charge in [-0.3, -0.25) is 0 Å². The van der Waals surface area contributed by atoms with Crippen LogP contribution in [0.5, 0.6) is 0 Å². The van der Waals surface area contributed by atoms with Gasteiger partial charge in [0, 0.05) is 13.1 Å². The molecule has 19 heavy (non-hydrogen) atoms. The van der Waals surface area contributed by atoms with Gasteiger partial charge in [0.15, 0.2) is 0 Å². The monoisotopic (exact) mass is 261 g/mol. The van der Waals surface area contributed by atoms with Crippen LogP contribution in [-0.4, -0.2) is 45.7 Å². The Balaban J connectivity index is 2.47. The largest absolute Gasteiger partial charge is 0.478 e. The van der Waals surface area contributed by atoms with Gasteiger partial charge < -0.3 is 14.6 Å². The maximum Gasteiger partial charge on any atom is 0.337 e. The summed E-state index contributed by atoms with van der Waals surface area (Å²) < 4.78 is 1.99. The zero-order valence-corrected chi connectivity index (χ0v) is 11.6. The number of carboxylic acid groups (broad SMARTS) is 1. The lowest BCUT2D eigenvalue weighted by atomic mass is 10.2. The molecule has 5 heteroatoms. The molecule has 1 heterocycles. The molecule has 2 rings (SSSR count). The van der Waals surface area contributed by atoms with Crippen LogP contribution in [0.15, 0.2) is 18.2 Å². The van der Waals surface area contributed by atoms with Gasteiger partial charge in [-0.2, -0.15) is 0 Å². The molecule has 1 aromatic carbocycles. The summed E-state index contributed by atoms with van der Waals surface area (Å²) in [6, 6.07) is 5.22. The first kappa shape index (κ1) is 13.5. The Morgan fingerprint density at radius 3 is 2.84 bits per heavy atom. The number of rotatable bonds is 5. The Morgan fingerprint density at radius 1 is 1.47 bits per heavy atom. The second-order valence-electron chi connectivity index (χ2n) is 4.69. The highest BCUT2D eigenvalue weighted by atomic mass is 16.4. The van der Waals surface area contributed by atoms with Gasteiger partial charge in [0.1, 0.15) is 5.82 Å². The molecule has 0 saturated carbocycles. The predicted octanol–water partition coefficient (Wildman–Crippen LogP) is 1.99. The molecule has 0 atom stereocenters. The molecule has 1 N–H and O–H groups in total. The number of para-hydroxylation sites is 1. The van der Waals surface area contributed by atoms with E-state index in [-0.39, 0.29) is 0 Å². The number of benzene rings is 1. The van der Waals surface area contributed by atoms with Crippen LogP contribution in [0.4, 0.5) is 0 Å². The number of nitrogens with zero attached hydrogens (tertiary/aromatic N) is 3. The average Bonchev–Trinajstić information content (AvgIpc) is 2.71. The van der Waals surface area contributed by atoms with E-state index in [0.29, 0.717) is 5.56 Å². The highest BCUT2D eigenvalue weighted by Gasteiger charge is 2.15. The fourth-order valence-electron chi connectivity index (χ4n) is 2.18. The number of hydrogen-bond donors (Lipinski definition) is 1. The normalized spacial score (nSPS) is 11.4. The van der Waals surface area contributed by atoms with E-state index in [1.54, 1.807) is 12.1 Å². The van der Waals surface area contributed by atoms with Crippen LogP contribution in [0.2, 0.25) is 0 Å². The molecular weight excluding hydrogens is 242 g/mol. The minimum Gasteiger partial charge on any atom is -0.478 e. The number of carboxylic acids is 1. The van der Waals surface area contributed by atoms with Crippen molar-refractivity contribution in [1.82, 2.24) is 14.5 Å². The molecule has 0 aliphatic rings. The van der Waals surface area contributed by atoms with E-state index in [1.165, 1.54) is 0 Å². The van der Waals surface area contributed by atoms with Gasteiger partial charge in [-0.25, -0.2) is 9.78 Å². The second kappa shape index (κ2) is 5.40. The summed E-state index contributed by atoms with van der Waals surface area (Å²) in [6.45, 7) is 6.60. The Bertz CT molecular complexity index is 604. The van der Waals surface area contributed by atoms with Gasteiger partial charge in [-0.15, -0.1) is 0 Å². The van der Waals surface area contributed by atoms with E-state index in [4.69, 9.17) is 0 Å². The fourth-order valence-corrected chi connectivity index (χ4v) is 2.18. The molecule has 0 spiro atoms. The number of imidazole rings is 1. The van der Waals surface area contributed by atoms with Gasteiger partial charge in [-0.1, -0.05) is 13.0 Å². The minimum atomic E-state index is -0.907. The molecule has 0 amide bonds. The summed E-state index contributed by atoms with van der Waals surface area (Å²) in [7, 11) is 2.05. The van der Waals surface area contributed by atoms with Crippen LogP contribution in [0.1, 0.15) is 23.1 Å². The van der Waals surface area contributed by atoms with Crippen molar-refractivity contribution in [2.75, 3.05) is 20.1 Å². The Labute approximate surface area is 112 Å². The van der Waals surface area contributed by atoms with Crippen molar-refractivity contribution in [3.8, 4) is 0 Å². The third kappa shape index (κ3) is 2.61. The molecule has 102 valence electrons. The summed E-state index contributed by atoms with van der Waals surface area (Å²) in [5, 5.41) is 9.29.